The third kappa shape index (κ3) is 4.02. The quantitative estimate of drug-likeness (QED) is 0.846. The van der Waals surface area contributed by atoms with Gasteiger partial charge in [0.15, 0.2) is 0 Å². The molecule has 18 heavy (non-hydrogen) atoms. The molecular formula is C13H17Cl2NO2. The summed E-state index contributed by atoms with van der Waals surface area (Å²) in [6, 6.07) is 4.11. The standard InChI is InChI=1S/C13H17Cl2NO2/c1-8(17)7-18-13-9(6-16-11-2-3-11)4-10(14)5-12(13)15/h4-5,8,11,16-17H,2-3,6-7H2,1H3. The molecule has 0 saturated heterocycles. The van der Waals surface area contributed by atoms with E-state index >= 15 is 0 Å². The van der Waals surface area contributed by atoms with Gasteiger partial charge in [-0.3, -0.25) is 0 Å². The lowest BCUT2D eigenvalue weighted by molar-refractivity contribution is 0.122. The van der Waals surface area contributed by atoms with Gasteiger partial charge in [0.25, 0.3) is 0 Å². The maximum atomic E-state index is 9.27. The van der Waals surface area contributed by atoms with Gasteiger partial charge in [0.2, 0.25) is 0 Å². The number of halogens is 2. The molecule has 100 valence electrons. The van der Waals surface area contributed by atoms with E-state index in [-0.39, 0.29) is 6.61 Å². The Kier molecular flexibility index (Phi) is 4.73. The topological polar surface area (TPSA) is 41.5 Å². The predicted octanol–water partition coefficient (Wildman–Crippen LogP) is 3.01. The number of rotatable bonds is 6. The highest BCUT2D eigenvalue weighted by Gasteiger charge is 2.21. The number of aliphatic hydroxyl groups is 1. The molecule has 1 aromatic carbocycles. The van der Waals surface area contributed by atoms with E-state index in [4.69, 9.17) is 27.9 Å². The first-order valence-electron chi connectivity index (χ1n) is 6.08. The van der Waals surface area contributed by atoms with E-state index < -0.39 is 6.10 Å². The van der Waals surface area contributed by atoms with Crippen molar-refractivity contribution in [2.24, 2.45) is 0 Å². The monoisotopic (exact) mass is 289 g/mol. The van der Waals surface area contributed by atoms with Crippen molar-refractivity contribution in [1.82, 2.24) is 5.32 Å². The molecule has 0 radical (unpaired) electrons. The van der Waals surface area contributed by atoms with E-state index in [0.717, 1.165) is 5.56 Å². The Morgan fingerprint density at radius 2 is 2.17 bits per heavy atom. The minimum absolute atomic E-state index is 0.220. The molecule has 0 amide bonds. The molecule has 2 N–H and O–H groups in total. The number of nitrogens with one attached hydrogen (secondary N) is 1. The third-order valence-electron chi connectivity index (χ3n) is 2.71. The number of hydrogen-bond donors (Lipinski definition) is 2. The summed E-state index contributed by atoms with van der Waals surface area (Å²) >= 11 is 12.1. The van der Waals surface area contributed by atoms with Gasteiger partial charge in [0.05, 0.1) is 11.1 Å². The molecular weight excluding hydrogens is 273 g/mol. The minimum atomic E-state index is -0.527. The zero-order chi connectivity index (χ0) is 13.1. The lowest BCUT2D eigenvalue weighted by Crippen LogP contribution is -2.18. The normalized spacial score (nSPS) is 16.7. The average Bonchev–Trinajstić information content (AvgIpc) is 3.08. The number of aliphatic hydroxyl groups excluding tert-OH is 1. The van der Waals surface area contributed by atoms with E-state index in [1.165, 1.54) is 12.8 Å². The minimum Gasteiger partial charge on any atom is -0.489 e. The van der Waals surface area contributed by atoms with Crippen LogP contribution in [0.25, 0.3) is 0 Å². The Morgan fingerprint density at radius 3 is 2.78 bits per heavy atom. The summed E-state index contributed by atoms with van der Waals surface area (Å²) in [7, 11) is 0. The summed E-state index contributed by atoms with van der Waals surface area (Å²) in [6.07, 6.45) is 1.91. The van der Waals surface area contributed by atoms with Gasteiger partial charge in [-0.2, -0.15) is 0 Å². The van der Waals surface area contributed by atoms with Crippen LogP contribution in [-0.4, -0.2) is 23.9 Å². The molecule has 0 bridgehead atoms. The summed E-state index contributed by atoms with van der Waals surface area (Å²) in [4.78, 5) is 0. The highest BCUT2D eigenvalue weighted by molar-refractivity contribution is 6.35. The fraction of sp³-hybridized carbons (Fsp3) is 0.538. The first-order valence-corrected chi connectivity index (χ1v) is 6.84. The van der Waals surface area contributed by atoms with Gasteiger partial charge in [0.1, 0.15) is 12.4 Å². The van der Waals surface area contributed by atoms with Crippen LogP contribution in [0.1, 0.15) is 25.3 Å². The van der Waals surface area contributed by atoms with E-state index in [1.54, 1.807) is 13.0 Å². The summed E-state index contributed by atoms with van der Waals surface area (Å²) < 4.78 is 5.56. The molecule has 1 aliphatic carbocycles. The van der Waals surface area contributed by atoms with E-state index in [2.05, 4.69) is 5.32 Å². The average molecular weight is 290 g/mol. The number of ether oxygens (including phenoxy) is 1. The van der Waals surface area contributed by atoms with Crippen LogP contribution in [0.2, 0.25) is 10.0 Å². The van der Waals surface area contributed by atoms with Crippen molar-refractivity contribution in [2.45, 2.75) is 38.5 Å². The maximum absolute atomic E-state index is 9.27. The molecule has 1 aromatic rings. The first kappa shape index (κ1) is 13.9. The SMILES string of the molecule is CC(O)COc1c(Cl)cc(Cl)cc1CNC1CC1. The highest BCUT2D eigenvalue weighted by atomic mass is 35.5. The van der Waals surface area contributed by atoms with Crippen LogP contribution < -0.4 is 10.1 Å². The molecule has 0 spiro atoms. The van der Waals surface area contributed by atoms with Crippen LogP contribution in [-0.2, 0) is 6.54 Å². The van der Waals surface area contributed by atoms with Gasteiger partial charge in [0, 0.05) is 23.2 Å². The van der Waals surface area contributed by atoms with E-state index in [1.807, 2.05) is 6.07 Å². The summed E-state index contributed by atoms with van der Waals surface area (Å²) in [5.41, 5.74) is 0.931. The molecule has 1 aliphatic rings. The second kappa shape index (κ2) is 6.11. The Balaban J connectivity index is 2.11. The Labute approximate surface area is 117 Å². The molecule has 3 nitrogen and oxygen atoms in total. The van der Waals surface area contributed by atoms with E-state index in [0.29, 0.717) is 28.4 Å². The van der Waals surface area contributed by atoms with Gasteiger partial charge >= 0.3 is 0 Å². The second-order valence-corrected chi connectivity index (χ2v) is 5.53. The third-order valence-corrected chi connectivity index (χ3v) is 3.21. The molecule has 1 fully saturated rings. The molecule has 1 atom stereocenters. The van der Waals surface area contributed by atoms with Crippen molar-refractivity contribution >= 4 is 23.2 Å². The fourth-order valence-corrected chi connectivity index (χ4v) is 2.24. The molecule has 0 heterocycles. The van der Waals surface area contributed by atoms with Gasteiger partial charge < -0.3 is 15.2 Å². The van der Waals surface area contributed by atoms with Crippen molar-refractivity contribution < 1.29 is 9.84 Å². The van der Waals surface area contributed by atoms with Gasteiger partial charge in [-0.1, -0.05) is 23.2 Å². The molecule has 2 rings (SSSR count). The lowest BCUT2D eigenvalue weighted by Gasteiger charge is -2.15. The van der Waals surface area contributed by atoms with E-state index in [9.17, 15) is 5.11 Å². The van der Waals surface area contributed by atoms with Gasteiger partial charge in [-0.15, -0.1) is 0 Å². The van der Waals surface area contributed by atoms with Crippen molar-refractivity contribution in [3.05, 3.63) is 27.7 Å². The van der Waals surface area contributed by atoms with Crippen LogP contribution in [0.5, 0.6) is 5.75 Å². The Morgan fingerprint density at radius 1 is 1.44 bits per heavy atom. The van der Waals surface area contributed by atoms with Crippen LogP contribution >= 0.6 is 23.2 Å². The van der Waals surface area contributed by atoms with Crippen molar-refractivity contribution in [3.63, 3.8) is 0 Å². The summed E-state index contributed by atoms with van der Waals surface area (Å²) in [6.45, 7) is 2.57. The summed E-state index contributed by atoms with van der Waals surface area (Å²) in [5.74, 6) is 0.607. The van der Waals surface area contributed by atoms with Gasteiger partial charge in [-0.25, -0.2) is 0 Å². The molecule has 5 heteroatoms. The van der Waals surface area contributed by atoms with Crippen LogP contribution in [0.15, 0.2) is 12.1 Å². The van der Waals surface area contributed by atoms with Crippen LogP contribution in [0.4, 0.5) is 0 Å². The van der Waals surface area contributed by atoms with Crippen molar-refractivity contribution in [1.29, 1.82) is 0 Å². The highest BCUT2D eigenvalue weighted by Crippen LogP contribution is 2.33. The lowest BCUT2D eigenvalue weighted by atomic mass is 10.2. The zero-order valence-corrected chi connectivity index (χ0v) is 11.8. The first-order chi connectivity index (χ1) is 8.56. The fourth-order valence-electron chi connectivity index (χ4n) is 1.65. The Bertz CT molecular complexity index is 420. The number of benzene rings is 1. The zero-order valence-electron chi connectivity index (χ0n) is 10.2. The largest absolute Gasteiger partial charge is 0.489 e. The van der Waals surface area contributed by atoms with Crippen molar-refractivity contribution in [2.75, 3.05) is 6.61 Å². The van der Waals surface area contributed by atoms with Gasteiger partial charge in [-0.05, 0) is 31.9 Å². The maximum Gasteiger partial charge on any atom is 0.142 e. The van der Waals surface area contributed by atoms with Crippen LogP contribution in [0, 0.1) is 0 Å². The molecule has 0 aliphatic heterocycles. The second-order valence-electron chi connectivity index (χ2n) is 4.69. The Hall–Kier alpha value is -0.480. The molecule has 1 saturated carbocycles. The smallest absolute Gasteiger partial charge is 0.142 e. The van der Waals surface area contributed by atoms with Crippen molar-refractivity contribution in [3.8, 4) is 5.75 Å². The molecule has 1 unspecified atom stereocenters. The predicted molar refractivity (Wildman–Crippen MR) is 73.5 cm³/mol. The summed E-state index contributed by atoms with van der Waals surface area (Å²) in [5, 5.41) is 13.7. The number of hydrogen-bond acceptors (Lipinski definition) is 3. The molecule has 0 aromatic heterocycles. The van der Waals surface area contributed by atoms with Crippen LogP contribution in [0.3, 0.4) is 0 Å².